The third kappa shape index (κ3) is 3.31. The highest BCUT2D eigenvalue weighted by molar-refractivity contribution is 5.83. The van der Waals surface area contributed by atoms with Crippen LogP contribution >= 0.6 is 0 Å². The van der Waals surface area contributed by atoms with Crippen LogP contribution < -0.4 is 5.32 Å². The van der Waals surface area contributed by atoms with Crippen LogP contribution in [0.4, 0.5) is 0 Å². The first-order valence-electron chi connectivity index (χ1n) is 8.03. The van der Waals surface area contributed by atoms with E-state index in [0.29, 0.717) is 17.9 Å². The number of nitrogens with one attached hydrogen (secondary N) is 1. The summed E-state index contributed by atoms with van der Waals surface area (Å²) in [5.74, 6) is 1.03. The van der Waals surface area contributed by atoms with E-state index >= 15 is 0 Å². The maximum absolute atomic E-state index is 13.0. The molecular formula is C16H30N2O. The van der Waals surface area contributed by atoms with E-state index in [1.165, 1.54) is 19.3 Å². The van der Waals surface area contributed by atoms with Gasteiger partial charge in [0.1, 0.15) is 0 Å². The van der Waals surface area contributed by atoms with Gasteiger partial charge in [-0.25, -0.2) is 0 Å². The Bertz CT molecular complexity index is 302. The van der Waals surface area contributed by atoms with Crippen molar-refractivity contribution in [1.82, 2.24) is 10.2 Å². The summed E-state index contributed by atoms with van der Waals surface area (Å²) in [6.45, 7) is 6.57. The van der Waals surface area contributed by atoms with Gasteiger partial charge in [0, 0.05) is 25.0 Å². The number of rotatable bonds is 4. The molecule has 19 heavy (non-hydrogen) atoms. The number of nitrogens with zero attached hydrogens (tertiary/aromatic N) is 1. The molecule has 0 radical (unpaired) electrons. The molecule has 1 aliphatic carbocycles. The van der Waals surface area contributed by atoms with Gasteiger partial charge in [0.05, 0.1) is 0 Å². The molecule has 2 aliphatic rings. The molecule has 1 amide bonds. The summed E-state index contributed by atoms with van der Waals surface area (Å²) in [5, 5.41) is 3.42. The van der Waals surface area contributed by atoms with E-state index < -0.39 is 0 Å². The summed E-state index contributed by atoms with van der Waals surface area (Å²) < 4.78 is 0. The van der Waals surface area contributed by atoms with Crippen LogP contribution in [0.1, 0.15) is 58.8 Å². The van der Waals surface area contributed by atoms with Crippen molar-refractivity contribution in [2.75, 3.05) is 20.1 Å². The van der Waals surface area contributed by atoms with Gasteiger partial charge in [-0.1, -0.05) is 26.7 Å². The monoisotopic (exact) mass is 266 g/mol. The second-order valence-corrected chi connectivity index (χ2v) is 7.00. The van der Waals surface area contributed by atoms with Gasteiger partial charge in [0.25, 0.3) is 0 Å². The summed E-state index contributed by atoms with van der Waals surface area (Å²) >= 11 is 0. The SMILES string of the molecule is CC(C)CC1(C(=O)N(C)C2CCCNC2)CCCC1. The minimum Gasteiger partial charge on any atom is -0.341 e. The number of hydrogen-bond donors (Lipinski definition) is 1. The maximum Gasteiger partial charge on any atom is 0.228 e. The highest BCUT2D eigenvalue weighted by Crippen LogP contribution is 2.44. The number of piperidine rings is 1. The molecule has 1 heterocycles. The molecule has 3 nitrogen and oxygen atoms in total. The Labute approximate surface area is 118 Å². The molecule has 2 fully saturated rings. The number of likely N-dealkylation sites (N-methyl/N-ethyl adjacent to an activating group) is 1. The highest BCUT2D eigenvalue weighted by atomic mass is 16.2. The zero-order valence-corrected chi connectivity index (χ0v) is 12.9. The Morgan fingerprint density at radius 1 is 1.32 bits per heavy atom. The van der Waals surface area contributed by atoms with Crippen LogP contribution in [0, 0.1) is 11.3 Å². The Morgan fingerprint density at radius 3 is 2.53 bits per heavy atom. The van der Waals surface area contributed by atoms with E-state index in [4.69, 9.17) is 0 Å². The lowest BCUT2D eigenvalue weighted by molar-refractivity contribution is -0.144. The Balaban J connectivity index is 2.05. The molecule has 1 atom stereocenters. The predicted molar refractivity (Wildman–Crippen MR) is 79.0 cm³/mol. The van der Waals surface area contributed by atoms with E-state index in [1.54, 1.807) is 0 Å². The van der Waals surface area contributed by atoms with Gasteiger partial charge in [-0.05, 0) is 44.6 Å². The molecule has 1 saturated carbocycles. The standard InChI is InChI=1S/C16H30N2O/c1-13(2)11-16(8-4-5-9-16)15(19)18(3)14-7-6-10-17-12-14/h13-14,17H,4-12H2,1-3H3. The molecule has 0 spiro atoms. The van der Waals surface area contributed by atoms with Crippen LogP contribution in [-0.4, -0.2) is 37.0 Å². The Morgan fingerprint density at radius 2 is 2.00 bits per heavy atom. The highest BCUT2D eigenvalue weighted by Gasteiger charge is 2.44. The predicted octanol–water partition coefficient (Wildman–Crippen LogP) is 2.80. The molecule has 0 bridgehead atoms. The zero-order valence-electron chi connectivity index (χ0n) is 12.9. The van der Waals surface area contributed by atoms with Gasteiger partial charge in [-0.2, -0.15) is 0 Å². The van der Waals surface area contributed by atoms with E-state index in [9.17, 15) is 4.79 Å². The second-order valence-electron chi connectivity index (χ2n) is 7.00. The first-order chi connectivity index (χ1) is 9.05. The van der Waals surface area contributed by atoms with Crippen LogP contribution in [0.15, 0.2) is 0 Å². The molecule has 1 aliphatic heterocycles. The number of carbonyl (C=O) groups is 1. The van der Waals surface area contributed by atoms with Crippen LogP contribution in [-0.2, 0) is 4.79 Å². The molecule has 110 valence electrons. The van der Waals surface area contributed by atoms with Gasteiger partial charge in [0.15, 0.2) is 0 Å². The van der Waals surface area contributed by atoms with E-state index in [0.717, 1.165) is 38.8 Å². The molecule has 1 unspecified atom stereocenters. The van der Waals surface area contributed by atoms with Crippen LogP contribution in [0.2, 0.25) is 0 Å². The third-order valence-electron chi connectivity index (χ3n) is 4.95. The van der Waals surface area contributed by atoms with Crippen molar-refractivity contribution in [3.8, 4) is 0 Å². The lowest BCUT2D eigenvalue weighted by Crippen LogP contribution is -2.51. The van der Waals surface area contributed by atoms with Crippen molar-refractivity contribution in [3.05, 3.63) is 0 Å². The van der Waals surface area contributed by atoms with E-state index in [-0.39, 0.29) is 5.41 Å². The molecule has 2 rings (SSSR count). The molecule has 1 N–H and O–H groups in total. The maximum atomic E-state index is 13.0. The lowest BCUT2D eigenvalue weighted by Gasteiger charge is -2.39. The van der Waals surface area contributed by atoms with Gasteiger partial charge < -0.3 is 10.2 Å². The fourth-order valence-electron chi connectivity index (χ4n) is 4.04. The molecule has 3 heteroatoms. The summed E-state index contributed by atoms with van der Waals surface area (Å²) in [7, 11) is 2.03. The average molecular weight is 266 g/mol. The second kappa shape index (κ2) is 6.25. The van der Waals surface area contributed by atoms with E-state index in [2.05, 4.69) is 24.1 Å². The summed E-state index contributed by atoms with van der Waals surface area (Å²) in [4.78, 5) is 15.1. The molecule has 1 saturated heterocycles. The number of amides is 1. The number of carbonyl (C=O) groups excluding carboxylic acids is 1. The van der Waals surface area contributed by atoms with Crippen molar-refractivity contribution in [3.63, 3.8) is 0 Å². The van der Waals surface area contributed by atoms with Crippen LogP contribution in [0.25, 0.3) is 0 Å². The van der Waals surface area contributed by atoms with Gasteiger partial charge in [0.2, 0.25) is 5.91 Å². The van der Waals surface area contributed by atoms with Gasteiger partial charge >= 0.3 is 0 Å². The minimum atomic E-state index is -0.0413. The largest absolute Gasteiger partial charge is 0.341 e. The summed E-state index contributed by atoms with van der Waals surface area (Å²) in [5.41, 5.74) is -0.0413. The summed E-state index contributed by atoms with van der Waals surface area (Å²) in [6.07, 6.45) is 8.09. The third-order valence-corrected chi connectivity index (χ3v) is 4.95. The van der Waals surface area contributed by atoms with Crippen LogP contribution in [0.5, 0.6) is 0 Å². The molecule has 0 aromatic heterocycles. The Kier molecular flexibility index (Phi) is 4.88. The topological polar surface area (TPSA) is 32.3 Å². The fourth-order valence-corrected chi connectivity index (χ4v) is 4.04. The first kappa shape index (κ1) is 14.8. The van der Waals surface area contributed by atoms with Crippen molar-refractivity contribution in [2.24, 2.45) is 11.3 Å². The Hall–Kier alpha value is -0.570. The minimum absolute atomic E-state index is 0.0413. The molecule has 0 aromatic rings. The zero-order chi connectivity index (χ0) is 13.9. The fraction of sp³-hybridized carbons (Fsp3) is 0.938. The van der Waals surface area contributed by atoms with Crippen molar-refractivity contribution < 1.29 is 4.79 Å². The smallest absolute Gasteiger partial charge is 0.228 e. The van der Waals surface area contributed by atoms with Gasteiger partial charge in [-0.15, -0.1) is 0 Å². The molecular weight excluding hydrogens is 236 g/mol. The van der Waals surface area contributed by atoms with Crippen molar-refractivity contribution >= 4 is 5.91 Å². The van der Waals surface area contributed by atoms with Gasteiger partial charge in [-0.3, -0.25) is 4.79 Å². The van der Waals surface area contributed by atoms with E-state index in [1.807, 2.05) is 7.05 Å². The normalized spacial score (nSPS) is 26.6. The number of hydrogen-bond acceptors (Lipinski definition) is 2. The first-order valence-corrected chi connectivity index (χ1v) is 8.03. The average Bonchev–Trinajstić information content (AvgIpc) is 2.87. The van der Waals surface area contributed by atoms with Crippen molar-refractivity contribution in [2.45, 2.75) is 64.8 Å². The lowest BCUT2D eigenvalue weighted by atomic mass is 9.77. The molecule has 0 aromatic carbocycles. The van der Waals surface area contributed by atoms with Crippen LogP contribution in [0.3, 0.4) is 0 Å². The summed E-state index contributed by atoms with van der Waals surface area (Å²) in [6, 6.07) is 0.408. The van der Waals surface area contributed by atoms with Crippen molar-refractivity contribution in [1.29, 1.82) is 0 Å². The quantitative estimate of drug-likeness (QED) is 0.848.